The largest absolute Gasteiger partial charge is 0.394 e. The quantitative estimate of drug-likeness (QED) is 0.0478. The van der Waals surface area contributed by atoms with Crippen molar-refractivity contribution in [3.8, 4) is 0 Å². The van der Waals surface area contributed by atoms with Crippen LogP contribution in [-0.4, -0.2) is 46.1 Å². The molecule has 1 amide bonds. The van der Waals surface area contributed by atoms with E-state index in [9.17, 15) is 20.1 Å². The first kappa shape index (κ1) is 40.6. The Morgan fingerprint density at radius 2 is 0.976 bits per heavy atom. The maximum Gasteiger partial charge on any atom is 0.220 e. The van der Waals surface area contributed by atoms with Crippen molar-refractivity contribution in [1.29, 1.82) is 0 Å². The first-order valence-corrected chi connectivity index (χ1v) is 17.8. The summed E-state index contributed by atoms with van der Waals surface area (Å²) in [5.41, 5.74) is 0. The number of amides is 1. The van der Waals surface area contributed by atoms with Gasteiger partial charge >= 0.3 is 0 Å². The van der Waals surface area contributed by atoms with Gasteiger partial charge in [-0.2, -0.15) is 0 Å². The van der Waals surface area contributed by atoms with E-state index in [1.54, 1.807) is 0 Å². The first-order chi connectivity index (χ1) is 20.6. The van der Waals surface area contributed by atoms with Crippen molar-refractivity contribution in [1.82, 2.24) is 5.32 Å². The molecule has 0 heterocycles. The molecule has 246 valence electrons. The van der Waals surface area contributed by atoms with Crippen LogP contribution in [-0.2, 0) is 4.79 Å². The number of hydrogen-bond donors (Lipinski definition) is 4. The second-order valence-electron chi connectivity index (χ2n) is 12.0. The molecule has 0 aliphatic rings. The fourth-order valence-corrected chi connectivity index (χ4v) is 5.11. The number of carbonyl (C=O) groups is 1. The van der Waals surface area contributed by atoms with Gasteiger partial charge in [0.2, 0.25) is 5.91 Å². The Kier molecular flexibility index (Phi) is 31.4. The predicted octanol–water partition coefficient (Wildman–Crippen LogP) is 9.26. The number of rotatable bonds is 31. The molecule has 5 heteroatoms. The van der Waals surface area contributed by atoms with E-state index in [0.717, 1.165) is 44.9 Å². The van der Waals surface area contributed by atoms with E-state index in [0.29, 0.717) is 12.8 Å². The van der Waals surface area contributed by atoms with Crippen LogP contribution in [0.15, 0.2) is 36.5 Å². The Balaban J connectivity index is 3.79. The van der Waals surface area contributed by atoms with E-state index in [1.807, 2.05) is 0 Å². The number of carbonyl (C=O) groups excluding carboxylic acids is 1. The maximum atomic E-state index is 12.3. The van der Waals surface area contributed by atoms with Gasteiger partial charge in [0.15, 0.2) is 0 Å². The molecule has 42 heavy (non-hydrogen) atoms. The fourth-order valence-electron chi connectivity index (χ4n) is 5.11. The molecule has 4 N–H and O–H groups in total. The van der Waals surface area contributed by atoms with E-state index < -0.39 is 18.2 Å². The summed E-state index contributed by atoms with van der Waals surface area (Å²) in [7, 11) is 0. The highest BCUT2D eigenvalue weighted by Crippen LogP contribution is 2.13. The van der Waals surface area contributed by atoms with Crippen molar-refractivity contribution in [2.75, 3.05) is 6.61 Å². The summed E-state index contributed by atoms with van der Waals surface area (Å²) in [5.74, 6) is -0.167. The summed E-state index contributed by atoms with van der Waals surface area (Å²) in [6.07, 6.45) is 38.0. The predicted molar refractivity (Wildman–Crippen MR) is 181 cm³/mol. The number of unbranched alkanes of at least 4 members (excludes halogenated alkanes) is 17. The van der Waals surface area contributed by atoms with Crippen LogP contribution in [0.2, 0.25) is 0 Å². The molecule has 0 saturated heterocycles. The van der Waals surface area contributed by atoms with E-state index in [4.69, 9.17) is 0 Å². The molecule has 0 radical (unpaired) electrons. The van der Waals surface area contributed by atoms with Crippen molar-refractivity contribution < 1.29 is 20.1 Å². The van der Waals surface area contributed by atoms with Crippen molar-refractivity contribution in [3.05, 3.63) is 36.5 Å². The minimum Gasteiger partial charge on any atom is -0.394 e. The zero-order valence-corrected chi connectivity index (χ0v) is 27.6. The Morgan fingerprint density at radius 3 is 1.45 bits per heavy atom. The van der Waals surface area contributed by atoms with Gasteiger partial charge in [0, 0.05) is 6.42 Å². The summed E-state index contributed by atoms with van der Waals surface area (Å²) in [5, 5.41) is 33.2. The highest BCUT2D eigenvalue weighted by molar-refractivity contribution is 5.76. The molecule has 5 nitrogen and oxygen atoms in total. The van der Waals surface area contributed by atoms with Gasteiger partial charge < -0.3 is 20.6 Å². The summed E-state index contributed by atoms with van der Waals surface area (Å²) < 4.78 is 0. The molecule has 0 fully saturated rings. The lowest BCUT2D eigenvalue weighted by molar-refractivity contribution is -0.124. The molecule has 0 aliphatic carbocycles. The average Bonchev–Trinajstić information content (AvgIpc) is 2.99. The smallest absolute Gasteiger partial charge is 0.220 e. The van der Waals surface area contributed by atoms with Crippen LogP contribution in [0.25, 0.3) is 0 Å². The van der Waals surface area contributed by atoms with Crippen molar-refractivity contribution >= 4 is 5.91 Å². The van der Waals surface area contributed by atoms with Gasteiger partial charge in [-0.05, 0) is 77.0 Å². The Bertz CT molecular complexity index is 660. The van der Waals surface area contributed by atoms with Gasteiger partial charge in [-0.3, -0.25) is 4.79 Å². The number of allylic oxidation sites excluding steroid dienone is 6. The SMILES string of the molecule is CCCCCC/C=C\CCCCCCCCCC(=O)NC(CO)C(O)C(O)CCC/C=C/CC/C=C/CCCCCC. The minimum atomic E-state index is -1.17. The second-order valence-corrected chi connectivity index (χ2v) is 12.0. The minimum absolute atomic E-state index is 0.167. The lowest BCUT2D eigenvalue weighted by Crippen LogP contribution is -2.50. The number of nitrogens with one attached hydrogen (secondary N) is 1. The topological polar surface area (TPSA) is 89.8 Å². The summed E-state index contributed by atoms with van der Waals surface area (Å²) in [4.78, 5) is 12.3. The molecule has 0 aromatic carbocycles. The van der Waals surface area contributed by atoms with Gasteiger partial charge in [-0.1, -0.05) is 121 Å². The normalized spacial score (nSPS) is 14.3. The second kappa shape index (κ2) is 32.5. The molecule has 0 aliphatic heterocycles. The molecule has 0 rings (SSSR count). The van der Waals surface area contributed by atoms with Gasteiger partial charge in [0.05, 0.1) is 18.8 Å². The van der Waals surface area contributed by atoms with E-state index in [-0.39, 0.29) is 12.5 Å². The van der Waals surface area contributed by atoms with Crippen LogP contribution in [0, 0.1) is 0 Å². The van der Waals surface area contributed by atoms with Crippen LogP contribution < -0.4 is 5.32 Å². The molecule has 0 saturated carbocycles. The highest BCUT2D eigenvalue weighted by Gasteiger charge is 2.26. The van der Waals surface area contributed by atoms with Crippen LogP contribution in [0.5, 0.6) is 0 Å². The zero-order valence-electron chi connectivity index (χ0n) is 27.6. The van der Waals surface area contributed by atoms with Crippen LogP contribution in [0.4, 0.5) is 0 Å². The Labute approximate surface area is 260 Å². The molecule has 0 bridgehead atoms. The van der Waals surface area contributed by atoms with Gasteiger partial charge in [-0.15, -0.1) is 0 Å². The molecular weight excluding hydrogens is 522 g/mol. The van der Waals surface area contributed by atoms with E-state index >= 15 is 0 Å². The van der Waals surface area contributed by atoms with Gasteiger partial charge in [0.1, 0.15) is 6.10 Å². The third-order valence-electron chi connectivity index (χ3n) is 7.94. The summed E-state index contributed by atoms with van der Waals surface area (Å²) in [6.45, 7) is 4.10. The van der Waals surface area contributed by atoms with Crippen LogP contribution in [0.1, 0.15) is 168 Å². The van der Waals surface area contributed by atoms with Crippen molar-refractivity contribution in [2.24, 2.45) is 0 Å². The Morgan fingerprint density at radius 1 is 0.571 bits per heavy atom. The third-order valence-corrected chi connectivity index (χ3v) is 7.94. The maximum absolute atomic E-state index is 12.3. The van der Waals surface area contributed by atoms with Crippen molar-refractivity contribution in [3.63, 3.8) is 0 Å². The highest BCUT2D eigenvalue weighted by atomic mass is 16.3. The summed E-state index contributed by atoms with van der Waals surface area (Å²) >= 11 is 0. The number of aliphatic hydroxyl groups is 3. The van der Waals surface area contributed by atoms with E-state index in [2.05, 4.69) is 55.6 Å². The van der Waals surface area contributed by atoms with E-state index in [1.165, 1.54) is 96.3 Å². The summed E-state index contributed by atoms with van der Waals surface area (Å²) in [6, 6.07) is -0.831. The monoisotopic (exact) mass is 592 g/mol. The lowest BCUT2D eigenvalue weighted by atomic mass is 10.0. The molecule has 0 aromatic rings. The number of aliphatic hydroxyl groups excluding tert-OH is 3. The first-order valence-electron chi connectivity index (χ1n) is 17.8. The lowest BCUT2D eigenvalue weighted by Gasteiger charge is -2.26. The van der Waals surface area contributed by atoms with Gasteiger partial charge in [0.25, 0.3) is 0 Å². The fraction of sp³-hybridized carbons (Fsp3) is 0.811. The average molecular weight is 592 g/mol. The third kappa shape index (κ3) is 27.4. The standard InChI is InChI=1S/C37H69NO4/c1-3-5-7-9-11-13-15-17-18-20-22-24-26-28-30-32-36(41)38-34(33-39)37(42)35(40)31-29-27-25-23-21-19-16-14-12-10-8-6-4-2/h13-16,23,25,34-35,37,39-40,42H,3-12,17-22,24,26-33H2,1-2H3,(H,38,41)/b15-13-,16-14+,25-23+. The van der Waals surface area contributed by atoms with Crippen LogP contribution >= 0.6 is 0 Å². The van der Waals surface area contributed by atoms with Crippen molar-refractivity contribution in [2.45, 2.75) is 186 Å². The van der Waals surface area contributed by atoms with Gasteiger partial charge in [-0.25, -0.2) is 0 Å². The molecule has 3 atom stereocenters. The zero-order chi connectivity index (χ0) is 30.9. The molecule has 3 unspecified atom stereocenters. The molecular formula is C37H69NO4. The Hall–Kier alpha value is -1.43. The molecule has 0 spiro atoms. The molecule has 0 aromatic heterocycles. The number of hydrogen-bond acceptors (Lipinski definition) is 4. The van der Waals surface area contributed by atoms with Crippen LogP contribution in [0.3, 0.4) is 0 Å².